The molecular formula is C12H13ClO3. The first-order valence-corrected chi connectivity index (χ1v) is 5.77. The van der Waals surface area contributed by atoms with Crippen molar-refractivity contribution in [2.75, 3.05) is 6.79 Å². The van der Waals surface area contributed by atoms with E-state index in [1.54, 1.807) is 0 Å². The van der Waals surface area contributed by atoms with Crippen molar-refractivity contribution in [3.05, 3.63) is 22.2 Å². The minimum absolute atomic E-state index is 0.250. The van der Waals surface area contributed by atoms with E-state index in [2.05, 4.69) is 0 Å². The lowest BCUT2D eigenvalue weighted by Crippen LogP contribution is -2.11. The van der Waals surface area contributed by atoms with Crippen LogP contribution in [0.5, 0.6) is 11.5 Å². The molecule has 1 saturated carbocycles. The predicted octanol–water partition coefficient (Wildman–Crippen LogP) is 2.44. The standard InChI is InChI=1S/C12H13ClO3/c1-7-10(13)8(5-12(14)2-3-12)4-9-11(7)16-6-15-9/h4,14H,2-3,5-6H2,1H3. The maximum Gasteiger partial charge on any atom is 0.231 e. The number of aliphatic hydroxyl groups is 1. The van der Waals surface area contributed by atoms with Gasteiger partial charge in [0, 0.05) is 12.0 Å². The van der Waals surface area contributed by atoms with E-state index in [-0.39, 0.29) is 6.79 Å². The van der Waals surface area contributed by atoms with Crippen LogP contribution in [0.1, 0.15) is 24.0 Å². The lowest BCUT2D eigenvalue weighted by Gasteiger charge is -2.12. The highest BCUT2D eigenvalue weighted by molar-refractivity contribution is 6.32. The maximum atomic E-state index is 9.92. The summed E-state index contributed by atoms with van der Waals surface area (Å²) in [6.07, 6.45) is 2.32. The molecule has 3 rings (SSSR count). The molecule has 86 valence electrons. The van der Waals surface area contributed by atoms with Crippen LogP contribution in [0.25, 0.3) is 0 Å². The van der Waals surface area contributed by atoms with Crippen molar-refractivity contribution in [3.8, 4) is 11.5 Å². The van der Waals surface area contributed by atoms with Crippen LogP contribution < -0.4 is 9.47 Å². The van der Waals surface area contributed by atoms with Crippen molar-refractivity contribution in [2.45, 2.75) is 31.8 Å². The first-order chi connectivity index (χ1) is 7.59. The highest BCUT2D eigenvalue weighted by atomic mass is 35.5. The Labute approximate surface area is 98.9 Å². The Morgan fingerprint density at radius 3 is 2.88 bits per heavy atom. The Kier molecular flexibility index (Phi) is 2.10. The SMILES string of the molecule is Cc1c(Cl)c(CC2(O)CC2)cc2c1OCO2. The van der Waals surface area contributed by atoms with Crippen LogP contribution in [0.2, 0.25) is 5.02 Å². The van der Waals surface area contributed by atoms with Gasteiger partial charge in [0.05, 0.1) is 10.6 Å². The van der Waals surface area contributed by atoms with Crippen LogP contribution in [0, 0.1) is 6.92 Å². The van der Waals surface area contributed by atoms with E-state index in [1.807, 2.05) is 13.0 Å². The summed E-state index contributed by atoms with van der Waals surface area (Å²) in [4.78, 5) is 0. The van der Waals surface area contributed by atoms with Gasteiger partial charge in [-0.25, -0.2) is 0 Å². The fraction of sp³-hybridized carbons (Fsp3) is 0.500. The van der Waals surface area contributed by atoms with Gasteiger partial charge in [-0.15, -0.1) is 0 Å². The molecule has 1 aliphatic carbocycles. The van der Waals surface area contributed by atoms with Crippen molar-refractivity contribution in [3.63, 3.8) is 0 Å². The molecule has 2 aliphatic rings. The normalized spacial score (nSPS) is 19.9. The summed E-state index contributed by atoms with van der Waals surface area (Å²) in [6.45, 7) is 2.16. The van der Waals surface area contributed by atoms with Crippen molar-refractivity contribution in [1.82, 2.24) is 0 Å². The second kappa shape index (κ2) is 3.28. The van der Waals surface area contributed by atoms with Crippen molar-refractivity contribution in [2.24, 2.45) is 0 Å². The second-order valence-corrected chi connectivity index (χ2v) is 4.99. The highest BCUT2D eigenvalue weighted by Gasteiger charge is 2.41. The molecule has 0 unspecified atom stereocenters. The molecule has 1 aromatic carbocycles. The van der Waals surface area contributed by atoms with Crippen LogP contribution in [-0.2, 0) is 6.42 Å². The molecule has 16 heavy (non-hydrogen) atoms. The summed E-state index contributed by atoms with van der Waals surface area (Å²) in [5, 5.41) is 10.6. The molecule has 0 radical (unpaired) electrons. The second-order valence-electron chi connectivity index (χ2n) is 4.61. The number of benzene rings is 1. The van der Waals surface area contributed by atoms with Crippen LogP contribution in [0.3, 0.4) is 0 Å². The molecule has 1 N–H and O–H groups in total. The molecule has 0 bridgehead atoms. The van der Waals surface area contributed by atoms with E-state index >= 15 is 0 Å². The topological polar surface area (TPSA) is 38.7 Å². The summed E-state index contributed by atoms with van der Waals surface area (Å²) in [5.74, 6) is 1.47. The molecule has 0 spiro atoms. The molecule has 4 heteroatoms. The number of hydrogen-bond donors (Lipinski definition) is 1. The van der Waals surface area contributed by atoms with Gasteiger partial charge in [0.1, 0.15) is 0 Å². The van der Waals surface area contributed by atoms with Gasteiger partial charge in [-0.3, -0.25) is 0 Å². The van der Waals surface area contributed by atoms with E-state index in [0.29, 0.717) is 11.4 Å². The van der Waals surface area contributed by atoms with Crippen LogP contribution >= 0.6 is 11.6 Å². The molecular weight excluding hydrogens is 228 g/mol. The third-order valence-electron chi connectivity index (χ3n) is 3.25. The lowest BCUT2D eigenvalue weighted by molar-refractivity contribution is 0.151. The molecule has 1 aliphatic heterocycles. The number of fused-ring (bicyclic) bond motifs is 1. The monoisotopic (exact) mass is 240 g/mol. The molecule has 1 aromatic rings. The van der Waals surface area contributed by atoms with Crippen LogP contribution in [0.15, 0.2) is 6.07 Å². The minimum Gasteiger partial charge on any atom is -0.454 e. The quantitative estimate of drug-likeness (QED) is 0.863. The Balaban J connectivity index is 2.02. The van der Waals surface area contributed by atoms with Crippen LogP contribution in [0.4, 0.5) is 0 Å². The number of rotatable bonds is 2. The zero-order chi connectivity index (χ0) is 11.3. The summed E-state index contributed by atoms with van der Waals surface area (Å²) in [7, 11) is 0. The van der Waals surface area contributed by atoms with E-state index in [9.17, 15) is 5.11 Å². The van der Waals surface area contributed by atoms with E-state index in [0.717, 1.165) is 35.5 Å². The summed E-state index contributed by atoms with van der Waals surface area (Å²) < 4.78 is 10.7. The number of ether oxygens (including phenoxy) is 2. The summed E-state index contributed by atoms with van der Waals surface area (Å²) in [5.41, 5.74) is 1.31. The third-order valence-corrected chi connectivity index (χ3v) is 3.77. The van der Waals surface area contributed by atoms with Crippen molar-refractivity contribution < 1.29 is 14.6 Å². The Hall–Kier alpha value is -0.930. The maximum absolute atomic E-state index is 9.92. The highest BCUT2D eigenvalue weighted by Crippen LogP contribution is 2.45. The summed E-state index contributed by atoms with van der Waals surface area (Å²) in [6, 6.07) is 1.88. The summed E-state index contributed by atoms with van der Waals surface area (Å²) >= 11 is 6.26. The van der Waals surface area contributed by atoms with Crippen molar-refractivity contribution in [1.29, 1.82) is 0 Å². The first-order valence-electron chi connectivity index (χ1n) is 5.39. The fourth-order valence-corrected chi connectivity index (χ4v) is 2.26. The van der Waals surface area contributed by atoms with Gasteiger partial charge in [-0.05, 0) is 31.4 Å². The predicted molar refractivity (Wildman–Crippen MR) is 60.2 cm³/mol. The van der Waals surface area contributed by atoms with Gasteiger partial charge in [0.2, 0.25) is 6.79 Å². The zero-order valence-electron chi connectivity index (χ0n) is 9.05. The van der Waals surface area contributed by atoms with Gasteiger partial charge >= 0.3 is 0 Å². The molecule has 0 amide bonds. The molecule has 1 fully saturated rings. The lowest BCUT2D eigenvalue weighted by atomic mass is 10.0. The van der Waals surface area contributed by atoms with Gasteiger partial charge < -0.3 is 14.6 Å². The van der Waals surface area contributed by atoms with Gasteiger partial charge in [0.15, 0.2) is 11.5 Å². The molecule has 1 heterocycles. The Morgan fingerprint density at radius 1 is 1.44 bits per heavy atom. The largest absolute Gasteiger partial charge is 0.454 e. The third kappa shape index (κ3) is 1.55. The number of hydrogen-bond acceptors (Lipinski definition) is 3. The Morgan fingerprint density at radius 2 is 2.19 bits per heavy atom. The average Bonchev–Trinajstić information content (AvgIpc) is 2.79. The van der Waals surface area contributed by atoms with Gasteiger partial charge in [-0.1, -0.05) is 11.6 Å². The van der Waals surface area contributed by atoms with Gasteiger partial charge in [0.25, 0.3) is 0 Å². The average molecular weight is 241 g/mol. The molecule has 0 saturated heterocycles. The van der Waals surface area contributed by atoms with Crippen LogP contribution in [-0.4, -0.2) is 17.5 Å². The molecule has 0 atom stereocenters. The zero-order valence-corrected chi connectivity index (χ0v) is 9.80. The Bertz CT molecular complexity index is 452. The van der Waals surface area contributed by atoms with E-state index in [4.69, 9.17) is 21.1 Å². The molecule has 3 nitrogen and oxygen atoms in total. The smallest absolute Gasteiger partial charge is 0.231 e. The fourth-order valence-electron chi connectivity index (χ4n) is 2.06. The van der Waals surface area contributed by atoms with Gasteiger partial charge in [-0.2, -0.15) is 0 Å². The van der Waals surface area contributed by atoms with E-state index in [1.165, 1.54) is 0 Å². The van der Waals surface area contributed by atoms with Crippen molar-refractivity contribution >= 4 is 11.6 Å². The minimum atomic E-state index is -0.538. The first kappa shape index (κ1) is 10.2. The molecule has 0 aromatic heterocycles. The number of halogens is 1. The van der Waals surface area contributed by atoms with E-state index < -0.39 is 5.60 Å².